The number of benzene rings is 2. The topological polar surface area (TPSA) is 69.3 Å². The first-order valence-corrected chi connectivity index (χ1v) is 9.34. The molecule has 146 valence electrons. The van der Waals surface area contributed by atoms with Crippen molar-refractivity contribution in [2.45, 2.75) is 19.7 Å². The number of para-hydroxylation sites is 1. The molecule has 0 fully saturated rings. The summed E-state index contributed by atoms with van der Waals surface area (Å²) in [6, 6.07) is 19.3. The molecule has 1 amide bonds. The van der Waals surface area contributed by atoms with Crippen LogP contribution in [0.1, 0.15) is 27.2 Å². The van der Waals surface area contributed by atoms with Crippen LogP contribution in [0.4, 0.5) is 0 Å². The van der Waals surface area contributed by atoms with Crippen molar-refractivity contribution in [3.05, 3.63) is 108 Å². The number of carbonyl (C=O) groups excluding carboxylic acids is 1. The monoisotopic (exact) mass is 387 g/mol. The number of imidazole rings is 1. The first kappa shape index (κ1) is 18.6. The molecule has 4 rings (SSSR count). The average Bonchev–Trinajstić information content (AvgIpc) is 3.44. The van der Waals surface area contributed by atoms with Gasteiger partial charge >= 0.3 is 0 Å². The van der Waals surface area contributed by atoms with Gasteiger partial charge in [0.25, 0.3) is 5.91 Å². The fourth-order valence-corrected chi connectivity index (χ4v) is 2.94. The molecule has 6 heteroatoms. The summed E-state index contributed by atoms with van der Waals surface area (Å²) in [6.45, 7) is 1.46. The molecular formula is C23H21N3O3. The third kappa shape index (κ3) is 4.93. The van der Waals surface area contributed by atoms with Gasteiger partial charge in [-0.25, -0.2) is 4.98 Å². The van der Waals surface area contributed by atoms with E-state index in [1.165, 1.54) is 11.8 Å². The van der Waals surface area contributed by atoms with E-state index in [9.17, 15) is 4.79 Å². The van der Waals surface area contributed by atoms with Gasteiger partial charge in [-0.2, -0.15) is 0 Å². The van der Waals surface area contributed by atoms with Crippen LogP contribution < -0.4 is 10.1 Å². The van der Waals surface area contributed by atoms with E-state index in [2.05, 4.69) is 10.3 Å². The SMILES string of the molecule is O=C(NCc1ccc(Cn2ccnc2)cc1)c1occc1COc1ccccc1. The summed E-state index contributed by atoms with van der Waals surface area (Å²) in [6.07, 6.45) is 6.98. The summed E-state index contributed by atoms with van der Waals surface area (Å²) in [5, 5.41) is 2.90. The summed E-state index contributed by atoms with van der Waals surface area (Å²) < 4.78 is 13.1. The van der Waals surface area contributed by atoms with Gasteiger partial charge in [0.15, 0.2) is 5.76 Å². The number of furan rings is 1. The number of amides is 1. The highest BCUT2D eigenvalue weighted by molar-refractivity contribution is 5.92. The van der Waals surface area contributed by atoms with E-state index in [0.717, 1.165) is 17.9 Å². The molecule has 2 heterocycles. The maximum Gasteiger partial charge on any atom is 0.287 e. The Labute approximate surface area is 168 Å². The Balaban J connectivity index is 1.31. The van der Waals surface area contributed by atoms with Crippen molar-refractivity contribution in [1.82, 2.24) is 14.9 Å². The second-order valence-electron chi connectivity index (χ2n) is 6.61. The minimum absolute atomic E-state index is 0.260. The van der Waals surface area contributed by atoms with Gasteiger partial charge in [-0.05, 0) is 29.3 Å². The zero-order valence-corrected chi connectivity index (χ0v) is 15.8. The Morgan fingerprint density at radius 2 is 1.83 bits per heavy atom. The largest absolute Gasteiger partial charge is 0.489 e. The van der Waals surface area contributed by atoms with Gasteiger partial charge in [0.1, 0.15) is 12.4 Å². The van der Waals surface area contributed by atoms with Crippen LogP contribution in [0.2, 0.25) is 0 Å². The number of hydrogen-bond acceptors (Lipinski definition) is 4. The van der Waals surface area contributed by atoms with Crippen molar-refractivity contribution >= 4 is 5.91 Å². The van der Waals surface area contributed by atoms with Crippen molar-refractivity contribution < 1.29 is 13.9 Å². The second kappa shape index (κ2) is 8.93. The molecular weight excluding hydrogens is 366 g/mol. The number of rotatable bonds is 8. The lowest BCUT2D eigenvalue weighted by atomic mass is 10.1. The van der Waals surface area contributed by atoms with Crippen LogP contribution in [0, 0.1) is 0 Å². The molecule has 0 spiro atoms. The molecule has 0 unspecified atom stereocenters. The van der Waals surface area contributed by atoms with E-state index in [1.807, 2.05) is 65.4 Å². The maximum absolute atomic E-state index is 12.5. The predicted octanol–water partition coefficient (Wildman–Crippen LogP) is 4.03. The van der Waals surface area contributed by atoms with Crippen molar-refractivity contribution in [3.8, 4) is 5.75 Å². The molecule has 2 aromatic carbocycles. The molecule has 0 aliphatic heterocycles. The molecule has 0 radical (unpaired) electrons. The zero-order chi connectivity index (χ0) is 19.9. The van der Waals surface area contributed by atoms with Crippen LogP contribution in [-0.2, 0) is 19.7 Å². The lowest BCUT2D eigenvalue weighted by Crippen LogP contribution is -2.23. The minimum atomic E-state index is -0.260. The van der Waals surface area contributed by atoms with E-state index in [0.29, 0.717) is 12.1 Å². The first-order chi connectivity index (χ1) is 14.3. The molecule has 0 aliphatic carbocycles. The lowest BCUT2D eigenvalue weighted by Gasteiger charge is -2.08. The normalized spacial score (nSPS) is 10.6. The number of ether oxygens (including phenoxy) is 1. The summed E-state index contributed by atoms with van der Waals surface area (Å²) in [7, 11) is 0. The quantitative estimate of drug-likeness (QED) is 0.496. The molecule has 0 atom stereocenters. The van der Waals surface area contributed by atoms with Gasteiger partial charge in [-0.15, -0.1) is 0 Å². The van der Waals surface area contributed by atoms with E-state index in [4.69, 9.17) is 9.15 Å². The maximum atomic E-state index is 12.5. The Kier molecular flexibility index (Phi) is 5.71. The van der Waals surface area contributed by atoms with Crippen LogP contribution in [0.3, 0.4) is 0 Å². The molecule has 0 saturated carbocycles. The summed E-state index contributed by atoms with van der Waals surface area (Å²) in [4.78, 5) is 16.6. The fourth-order valence-electron chi connectivity index (χ4n) is 2.94. The Morgan fingerprint density at radius 1 is 1.03 bits per heavy atom. The summed E-state index contributed by atoms with van der Waals surface area (Å²) in [5.41, 5.74) is 2.90. The highest BCUT2D eigenvalue weighted by atomic mass is 16.5. The van der Waals surface area contributed by atoms with E-state index < -0.39 is 0 Å². The highest BCUT2D eigenvalue weighted by Crippen LogP contribution is 2.16. The molecule has 1 N–H and O–H groups in total. The average molecular weight is 387 g/mol. The van der Waals surface area contributed by atoms with E-state index >= 15 is 0 Å². The number of hydrogen-bond donors (Lipinski definition) is 1. The number of aromatic nitrogens is 2. The lowest BCUT2D eigenvalue weighted by molar-refractivity contribution is 0.0919. The Hall–Kier alpha value is -3.80. The first-order valence-electron chi connectivity index (χ1n) is 9.34. The third-order valence-corrected chi connectivity index (χ3v) is 4.49. The predicted molar refractivity (Wildman–Crippen MR) is 108 cm³/mol. The van der Waals surface area contributed by atoms with Gasteiger partial charge in [-0.1, -0.05) is 42.5 Å². The van der Waals surface area contributed by atoms with Crippen molar-refractivity contribution in [2.75, 3.05) is 0 Å². The second-order valence-corrected chi connectivity index (χ2v) is 6.61. The number of carbonyl (C=O) groups is 1. The van der Waals surface area contributed by atoms with Crippen LogP contribution in [0.15, 0.2) is 90.1 Å². The standard InChI is InChI=1S/C23H21N3O3/c27-23(22-20(10-13-28-22)16-29-21-4-2-1-3-5-21)25-14-18-6-8-19(9-7-18)15-26-12-11-24-17-26/h1-13,17H,14-16H2,(H,25,27). The molecule has 29 heavy (non-hydrogen) atoms. The van der Waals surface area contributed by atoms with Crippen LogP contribution in [0.25, 0.3) is 0 Å². The van der Waals surface area contributed by atoms with Crippen LogP contribution >= 0.6 is 0 Å². The summed E-state index contributed by atoms with van der Waals surface area (Å²) >= 11 is 0. The smallest absolute Gasteiger partial charge is 0.287 e. The van der Waals surface area contributed by atoms with Crippen molar-refractivity contribution in [2.24, 2.45) is 0 Å². The van der Waals surface area contributed by atoms with E-state index in [-0.39, 0.29) is 18.3 Å². The zero-order valence-electron chi connectivity index (χ0n) is 15.8. The molecule has 4 aromatic rings. The Morgan fingerprint density at radius 3 is 2.59 bits per heavy atom. The summed E-state index contributed by atoms with van der Waals surface area (Å²) in [5.74, 6) is 0.762. The van der Waals surface area contributed by atoms with Gasteiger partial charge in [0, 0.05) is 31.0 Å². The van der Waals surface area contributed by atoms with Gasteiger partial charge < -0.3 is 19.0 Å². The van der Waals surface area contributed by atoms with Gasteiger partial charge in [0.2, 0.25) is 0 Å². The molecule has 2 aromatic heterocycles. The molecule has 0 aliphatic rings. The molecule has 0 bridgehead atoms. The third-order valence-electron chi connectivity index (χ3n) is 4.49. The van der Waals surface area contributed by atoms with Crippen molar-refractivity contribution in [1.29, 1.82) is 0 Å². The number of nitrogens with zero attached hydrogens (tertiary/aromatic N) is 2. The van der Waals surface area contributed by atoms with Crippen molar-refractivity contribution in [3.63, 3.8) is 0 Å². The molecule has 0 saturated heterocycles. The Bertz CT molecular complexity index is 1040. The highest BCUT2D eigenvalue weighted by Gasteiger charge is 2.15. The fraction of sp³-hybridized carbons (Fsp3) is 0.130. The number of nitrogens with one attached hydrogen (secondary N) is 1. The van der Waals surface area contributed by atoms with Gasteiger partial charge in [0.05, 0.1) is 12.6 Å². The minimum Gasteiger partial charge on any atom is -0.489 e. The molecule has 6 nitrogen and oxygen atoms in total. The van der Waals surface area contributed by atoms with Crippen LogP contribution in [-0.4, -0.2) is 15.5 Å². The van der Waals surface area contributed by atoms with E-state index in [1.54, 1.807) is 18.6 Å². The van der Waals surface area contributed by atoms with Gasteiger partial charge in [-0.3, -0.25) is 4.79 Å². The van der Waals surface area contributed by atoms with Crippen LogP contribution in [0.5, 0.6) is 5.75 Å².